The average Bonchev–Trinajstić information content (AvgIpc) is 3.22. The van der Waals surface area contributed by atoms with Crippen molar-refractivity contribution in [1.82, 2.24) is 9.47 Å². The van der Waals surface area contributed by atoms with Crippen molar-refractivity contribution in [3.8, 4) is 11.4 Å². The van der Waals surface area contributed by atoms with E-state index in [2.05, 4.69) is 46.5 Å². The van der Waals surface area contributed by atoms with Gasteiger partial charge in [-0.15, -0.1) is 0 Å². The van der Waals surface area contributed by atoms with E-state index < -0.39 is 0 Å². The average molecular weight is 560 g/mol. The van der Waals surface area contributed by atoms with Gasteiger partial charge < -0.3 is 9.30 Å². The van der Waals surface area contributed by atoms with Crippen LogP contribution in [0.4, 0.5) is 4.79 Å². The molecular weight excluding hydrogens is 536 g/mol. The van der Waals surface area contributed by atoms with Gasteiger partial charge in [0.1, 0.15) is 12.4 Å². The van der Waals surface area contributed by atoms with Gasteiger partial charge in [-0.2, -0.15) is 0 Å². The molecule has 1 saturated heterocycles. The Balaban J connectivity index is 1.53. The molecule has 0 aliphatic carbocycles. The number of thioether (sulfide) groups is 1. The van der Waals surface area contributed by atoms with Gasteiger partial charge in [-0.05, 0) is 92.6 Å². The monoisotopic (exact) mass is 558 g/mol. The zero-order valence-corrected chi connectivity index (χ0v) is 22.5. The highest BCUT2D eigenvalue weighted by Gasteiger charge is 2.35. The number of aromatic nitrogens is 1. The lowest BCUT2D eigenvalue weighted by atomic mass is 10.1. The Morgan fingerprint density at radius 1 is 1.06 bits per heavy atom. The first-order valence-corrected chi connectivity index (χ1v) is 12.7. The molecule has 0 saturated carbocycles. The number of carbonyl (C=O) groups excluding carboxylic acids is 2. The third-order valence-electron chi connectivity index (χ3n) is 5.72. The quantitative estimate of drug-likeness (QED) is 0.299. The smallest absolute Gasteiger partial charge is 0.293 e. The van der Waals surface area contributed by atoms with Crippen molar-refractivity contribution in [2.75, 3.05) is 13.2 Å². The minimum absolute atomic E-state index is 0.156. The first kappa shape index (κ1) is 24.6. The van der Waals surface area contributed by atoms with E-state index in [1.807, 2.05) is 32.0 Å². The molecule has 0 atom stereocenters. The van der Waals surface area contributed by atoms with Crippen molar-refractivity contribution in [2.45, 2.75) is 27.7 Å². The number of nitrogens with zero attached hydrogens (tertiary/aromatic N) is 2. The highest BCUT2D eigenvalue weighted by atomic mass is 79.9. The van der Waals surface area contributed by atoms with Crippen LogP contribution in [0.1, 0.15) is 28.1 Å². The summed E-state index contributed by atoms with van der Waals surface area (Å²) in [4.78, 5) is 27.1. The van der Waals surface area contributed by atoms with Crippen LogP contribution in [0.5, 0.6) is 5.75 Å². The Hall–Kier alpha value is -2.48. The van der Waals surface area contributed by atoms with Crippen LogP contribution in [-0.4, -0.2) is 33.8 Å². The van der Waals surface area contributed by atoms with Crippen molar-refractivity contribution in [2.24, 2.45) is 0 Å². The highest BCUT2D eigenvalue weighted by molar-refractivity contribution is 9.10. The van der Waals surface area contributed by atoms with Crippen LogP contribution in [0, 0.1) is 27.7 Å². The molecule has 34 heavy (non-hydrogen) atoms. The Morgan fingerprint density at radius 3 is 2.41 bits per heavy atom. The van der Waals surface area contributed by atoms with Gasteiger partial charge in [0.2, 0.25) is 0 Å². The van der Waals surface area contributed by atoms with E-state index in [0.29, 0.717) is 15.7 Å². The summed E-state index contributed by atoms with van der Waals surface area (Å²) in [5, 5.41) is 0.190. The molecule has 1 aliphatic rings. The fourth-order valence-electron chi connectivity index (χ4n) is 4.03. The first-order chi connectivity index (χ1) is 16.2. The van der Waals surface area contributed by atoms with Gasteiger partial charge in [0, 0.05) is 21.5 Å². The molecule has 0 N–H and O–H groups in total. The van der Waals surface area contributed by atoms with Gasteiger partial charge >= 0.3 is 0 Å². The molecule has 2 aromatic carbocycles. The molecule has 3 aromatic rings. The van der Waals surface area contributed by atoms with E-state index in [-0.39, 0.29) is 24.3 Å². The Kier molecular flexibility index (Phi) is 7.26. The van der Waals surface area contributed by atoms with Crippen LogP contribution in [0.2, 0.25) is 5.02 Å². The molecule has 176 valence electrons. The van der Waals surface area contributed by atoms with Crippen LogP contribution >= 0.6 is 39.3 Å². The van der Waals surface area contributed by atoms with Crippen molar-refractivity contribution in [3.05, 3.63) is 84.9 Å². The summed E-state index contributed by atoms with van der Waals surface area (Å²) in [6, 6.07) is 13.4. The van der Waals surface area contributed by atoms with Gasteiger partial charge in [0.15, 0.2) is 0 Å². The van der Waals surface area contributed by atoms with Crippen LogP contribution in [0.25, 0.3) is 11.8 Å². The van der Waals surface area contributed by atoms with Crippen molar-refractivity contribution in [1.29, 1.82) is 0 Å². The Bertz CT molecular complexity index is 1310. The fourth-order valence-corrected chi connectivity index (χ4v) is 5.30. The summed E-state index contributed by atoms with van der Waals surface area (Å²) < 4.78 is 8.92. The number of aryl methyl sites for hydroxylation is 3. The molecular formula is C26H24BrClN2O3S. The maximum absolute atomic E-state index is 13.0. The summed E-state index contributed by atoms with van der Waals surface area (Å²) >= 11 is 10.7. The molecule has 1 aliphatic heterocycles. The zero-order valence-electron chi connectivity index (χ0n) is 19.3. The molecule has 5 nitrogen and oxygen atoms in total. The van der Waals surface area contributed by atoms with Crippen LogP contribution in [0.3, 0.4) is 0 Å². The van der Waals surface area contributed by atoms with E-state index in [1.54, 1.807) is 18.2 Å². The second kappa shape index (κ2) is 10.0. The summed E-state index contributed by atoms with van der Waals surface area (Å²) in [7, 11) is 0. The van der Waals surface area contributed by atoms with Crippen LogP contribution in [-0.2, 0) is 4.79 Å². The number of rotatable bonds is 6. The number of imide groups is 1. The van der Waals surface area contributed by atoms with E-state index in [0.717, 1.165) is 50.0 Å². The molecule has 1 fully saturated rings. The number of hydrogen-bond donors (Lipinski definition) is 0. The van der Waals surface area contributed by atoms with Gasteiger partial charge in [0.25, 0.3) is 11.1 Å². The summed E-state index contributed by atoms with van der Waals surface area (Å²) in [5.41, 5.74) is 6.35. The zero-order chi connectivity index (χ0) is 24.6. The third-order valence-corrected chi connectivity index (χ3v) is 8.19. The molecule has 2 amide bonds. The van der Waals surface area contributed by atoms with Crippen LogP contribution in [0.15, 0.2) is 51.8 Å². The third kappa shape index (κ3) is 4.83. The molecule has 0 unspecified atom stereocenters. The fraction of sp³-hybridized carbons (Fsp3) is 0.231. The Labute approximate surface area is 216 Å². The molecule has 1 aromatic heterocycles. The number of halogens is 2. The lowest BCUT2D eigenvalue weighted by Gasteiger charge is -2.14. The minimum atomic E-state index is -0.308. The molecule has 8 heteroatoms. The first-order valence-electron chi connectivity index (χ1n) is 10.8. The highest BCUT2D eigenvalue weighted by Crippen LogP contribution is 2.34. The lowest BCUT2D eigenvalue weighted by molar-refractivity contribution is -0.123. The number of hydrogen-bond acceptors (Lipinski definition) is 4. The minimum Gasteiger partial charge on any atom is -0.490 e. The largest absolute Gasteiger partial charge is 0.490 e. The summed E-state index contributed by atoms with van der Waals surface area (Å²) in [6.45, 7) is 8.53. The number of para-hydroxylation sites is 1. The van der Waals surface area contributed by atoms with E-state index >= 15 is 0 Å². The topological polar surface area (TPSA) is 51.5 Å². The lowest BCUT2D eigenvalue weighted by Crippen LogP contribution is -2.32. The van der Waals surface area contributed by atoms with Crippen molar-refractivity contribution < 1.29 is 14.3 Å². The number of benzene rings is 2. The van der Waals surface area contributed by atoms with Crippen molar-refractivity contribution >= 4 is 56.5 Å². The SMILES string of the molecule is Cc1cc(-n2c(C)cc(/C=C3\SC(=O)N(CCOc4ccccc4Cl)C3=O)c2C)cc(C)c1Br. The van der Waals surface area contributed by atoms with E-state index in [4.69, 9.17) is 16.3 Å². The second-order valence-electron chi connectivity index (χ2n) is 8.17. The summed E-state index contributed by atoms with van der Waals surface area (Å²) in [5.74, 6) is 0.218. The van der Waals surface area contributed by atoms with Gasteiger partial charge in [-0.3, -0.25) is 14.5 Å². The number of carbonyl (C=O) groups is 2. The molecule has 0 radical (unpaired) electrons. The normalized spacial score (nSPS) is 15.0. The number of amides is 2. The van der Waals surface area contributed by atoms with Gasteiger partial charge in [0.05, 0.1) is 16.5 Å². The van der Waals surface area contributed by atoms with Gasteiger partial charge in [-0.1, -0.05) is 39.7 Å². The van der Waals surface area contributed by atoms with E-state index in [1.165, 1.54) is 4.90 Å². The molecule has 2 heterocycles. The van der Waals surface area contributed by atoms with Crippen molar-refractivity contribution in [3.63, 3.8) is 0 Å². The van der Waals surface area contributed by atoms with Gasteiger partial charge in [-0.25, -0.2) is 0 Å². The maximum Gasteiger partial charge on any atom is 0.293 e. The Morgan fingerprint density at radius 2 is 1.74 bits per heavy atom. The number of ether oxygens (including phenoxy) is 1. The molecule has 4 rings (SSSR count). The molecule has 0 spiro atoms. The standard InChI is InChI=1S/C26H24BrClN2O3S/c1-15-11-20(12-16(2)24(15)27)30-17(3)13-19(18(30)4)14-23-25(31)29(26(32)34-23)9-10-33-22-8-6-5-7-21(22)28/h5-8,11-14H,9-10H2,1-4H3/b23-14-. The summed E-state index contributed by atoms with van der Waals surface area (Å²) in [6.07, 6.45) is 1.80. The maximum atomic E-state index is 13.0. The van der Waals surface area contributed by atoms with E-state index in [9.17, 15) is 9.59 Å². The second-order valence-corrected chi connectivity index (χ2v) is 10.4. The predicted octanol–water partition coefficient (Wildman–Crippen LogP) is 7.24. The van der Waals surface area contributed by atoms with Crippen LogP contribution < -0.4 is 4.74 Å². The molecule has 0 bridgehead atoms. The predicted molar refractivity (Wildman–Crippen MR) is 142 cm³/mol.